The Morgan fingerprint density at radius 2 is 2.20 bits per heavy atom. The minimum Gasteiger partial charge on any atom is -0.339 e. The van der Waals surface area contributed by atoms with Gasteiger partial charge in [0.15, 0.2) is 5.82 Å². The molecule has 0 amide bonds. The second-order valence-corrected chi connectivity index (χ2v) is 5.16. The van der Waals surface area contributed by atoms with Crippen LogP contribution in [0, 0.1) is 0 Å². The van der Waals surface area contributed by atoms with Crippen molar-refractivity contribution in [2.24, 2.45) is 5.73 Å². The van der Waals surface area contributed by atoms with E-state index in [0.29, 0.717) is 5.92 Å². The number of hydrogen-bond acceptors (Lipinski definition) is 4. The fraction of sp³-hybridized carbons (Fsp3) is 0.818. The van der Waals surface area contributed by atoms with Crippen molar-refractivity contribution in [2.75, 3.05) is 0 Å². The first-order chi connectivity index (χ1) is 7.04. The summed E-state index contributed by atoms with van der Waals surface area (Å²) in [4.78, 5) is 4.40. The van der Waals surface area contributed by atoms with Crippen LogP contribution >= 0.6 is 0 Å². The Bertz CT molecular complexity index is 323. The van der Waals surface area contributed by atoms with Gasteiger partial charge in [-0.05, 0) is 33.1 Å². The van der Waals surface area contributed by atoms with Crippen LogP contribution < -0.4 is 5.73 Å². The molecule has 1 saturated carbocycles. The summed E-state index contributed by atoms with van der Waals surface area (Å²) in [5.41, 5.74) is 5.74. The van der Waals surface area contributed by atoms with Gasteiger partial charge in [-0.15, -0.1) is 0 Å². The lowest BCUT2D eigenvalue weighted by Crippen LogP contribution is -2.32. The molecule has 0 saturated heterocycles. The first kappa shape index (κ1) is 10.6. The van der Waals surface area contributed by atoms with Gasteiger partial charge in [0.2, 0.25) is 5.89 Å². The molecule has 0 unspecified atom stereocenters. The number of hydrogen-bond donors (Lipinski definition) is 1. The summed E-state index contributed by atoms with van der Waals surface area (Å²) >= 11 is 0. The SMILES string of the molecule is CC(C)(N)CCc1nc(C2CCC2)no1. The van der Waals surface area contributed by atoms with Gasteiger partial charge in [-0.3, -0.25) is 0 Å². The molecular formula is C11H19N3O. The topological polar surface area (TPSA) is 64.9 Å². The molecule has 0 atom stereocenters. The van der Waals surface area contributed by atoms with E-state index in [1.54, 1.807) is 0 Å². The molecule has 2 N–H and O–H groups in total. The number of nitrogens with zero attached hydrogens (tertiary/aromatic N) is 2. The van der Waals surface area contributed by atoms with Crippen molar-refractivity contribution in [3.05, 3.63) is 11.7 Å². The van der Waals surface area contributed by atoms with E-state index in [9.17, 15) is 0 Å². The molecule has 1 heterocycles. The van der Waals surface area contributed by atoms with Crippen molar-refractivity contribution in [3.8, 4) is 0 Å². The second-order valence-electron chi connectivity index (χ2n) is 5.16. The van der Waals surface area contributed by atoms with Crippen LogP contribution in [-0.2, 0) is 6.42 Å². The van der Waals surface area contributed by atoms with E-state index >= 15 is 0 Å². The zero-order valence-corrected chi connectivity index (χ0v) is 9.49. The van der Waals surface area contributed by atoms with Crippen molar-refractivity contribution in [1.29, 1.82) is 0 Å². The Balaban J connectivity index is 1.89. The van der Waals surface area contributed by atoms with E-state index in [2.05, 4.69) is 10.1 Å². The van der Waals surface area contributed by atoms with Gasteiger partial charge in [0.05, 0.1) is 0 Å². The average Bonchev–Trinajstić information content (AvgIpc) is 2.45. The van der Waals surface area contributed by atoms with Crippen molar-refractivity contribution in [3.63, 3.8) is 0 Å². The molecule has 0 aromatic carbocycles. The highest BCUT2D eigenvalue weighted by atomic mass is 16.5. The van der Waals surface area contributed by atoms with E-state index in [4.69, 9.17) is 10.3 Å². The largest absolute Gasteiger partial charge is 0.339 e. The third kappa shape index (κ3) is 2.78. The Labute approximate surface area is 90.2 Å². The number of rotatable bonds is 4. The second kappa shape index (κ2) is 3.93. The summed E-state index contributed by atoms with van der Waals surface area (Å²) in [7, 11) is 0. The summed E-state index contributed by atoms with van der Waals surface area (Å²) < 4.78 is 5.20. The maximum Gasteiger partial charge on any atom is 0.226 e. The molecule has 0 radical (unpaired) electrons. The zero-order chi connectivity index (χ0) is 10.9. The molecule has 1 aliphatic carbocycles. The normalized spacial score (nSPS) is 17.8. The van der Waals surface area contributed by atoms with E-state index in [-0.39, 0.29) is 5.54 Å². The third-order valence-corrected chi connectivity index (χ3v) is 2.94. The summed E-state index contributed by atoms with van der Waals surface area (Å²) in [6.07, 6.45) is 5.37. The molecule has 15 heavy (non-hydrogen) atoms. The number of nitrogens with two attached hydrogens (primary N) is 1. The number of aromatic nitrogens is 2. The van der Waals surface area contributed by atoms with Crippen LogP contribution in [0.2, 0.25) is 0 Å². The maximum atomic E-state index is 5.90. The van der Waals surface area contributed by atoms with Crippen molar-refractivity contribution < 1.29 is 4.52 Å². The van der Waals surface area contributed by atoms with Crippen molar-refractivity contribution in [2.45, 2.75) is 57.4 Å². The smallest absolute Gasteiger partial charge is 0.226 e. The third-order valence-electron chi connectivity index (χ3n) is 2.94. The van der Waals surface area contributed by atoms with Gasteiger partial charge in [0, 0.05) is 17.9 Å². The predicted molar refractivity (Wildman–Crippen MR) is 57.5 cm³/mol. The monoisotopic (exact) mass is 209 g/mol. The molecule has 1 fully saturated rings. The molecule has 2 rings (SSSR count). The number of aryl methyl sites for hydroxylation is 1. The van der Waals surface area contributed by atoms with E-state index in [1.807, 2.05) is 13.8 Å². The molecule has 0 aliphatic heterocycles. The van der Waals surface area contributed by atoms with E-state index < -0.39 is 0 Å². The zero-order valence-electron chi connectivity index (χ0n) is 9.49. The lowest BCUT2D eigenvalue weighted by molar-refractivity contribution is 0.338. The van der Waals surface area contributed by atoms with Crippen molar-refractivity contribution in [1.82, 2.24) is 10.1 Å². The lowest BCUT2D eigenvalue weighted by Gasteiger charge is -2.21. The van der Waals surface area contributed by atoms with Crippen LogP contribution in [0.4, 0.5) is 0 Å². The van der Waals surface area contributed by atoms with Crippen LogP contribution in [0.3, 0.4) is 0 Å². The van der Waals surface area contributed by atoms with Crippen LogP contribution in [0.15, 0.2) is 4.52 Å². The summed E-state index contributed by atoms with van der Waals surface area (Å²) in [6.45, 7) is 4.02. The van der Waals surface area contributed by atoms with E-state index in [0.717, 1.165) is 24.6 Å². The van der Waals surface area contributed by atoms with Gasteiger partial charge < -0.3 is 10.3 Å². The summed E-state index contributed by atoms with van der Waals surface area (Å²) in [5.74, 6) is 2.18. The van der Waals surface area contributed by atoms with Crippen LogP contribution in [0.25, 0.3) is 0 Å². The maximum absolute atomic E-state index is 5.90. The minimum atomic E-state index is -0.162. The summed E-state index contributed by atoms with van der Waals surface area (Å²) in [6, 6.07) is 0. The summed E-state index contributed by atoms with van der Waals surface area (Å²) in [5, 5.41) is 4.01. The molecule has 0 spiro atoms. The highest BCUT2D eigenvalue weighted by Crippen LogP contribution is 2.34. The Kier molecular flexibility index (Phi) is 2.78. The molecule has 1 aromatic heterocycles. The molecular weight excluding hydrogens is 190 g/mol. The molecule has 4 heteroatoms. The van der Waals surface area contributed by atoms with Crippen LogP contribution in [0.1, 0.15) is 57.2 Å². The van der Waals surface area contributed by atoms with Crippen molar-refractivity contribution >= 4 is 0 Å². The molecule has 0 bridgehead atoms. The Morgan fingerprint density at radius 3 is 2.73 bits per heavy atom. The minimum absolute atomic E-state index is 0.162. The first-order valence-corrected chi connectivity index (χ1v) is 5.66. The fourth-order valence-electron chi connectivity index (χ4n) is 1.63. The van der Waals surface area contributed by atoms with Gasteiger partial charge in [-0.2, -0.15) is 4.98 Å². The Morgan fingerprint density at radius 1 is 1.47 bits per heavy atom. The molecule has 4 nitrogen and oxygen atoms in total. The Hall–Kier alpha value is -0.900. The highest BCUT2D eigenvalue weighted by molar-refractivity contribution is 5.00. The highest BCUT2D eigenvalue weighted by Gasteiger charge is 2.24. The van der Waals surface area contributed by atoms with Gasteiger partial charge in [0.25, 0.3) is 0 Å². The standard InChI is InChI=1S/C11H19N3O/c1-11(2,12)7-6-9-13-10(14-15-9)8-4-3-5-8/h8H,3-7,12H2,1-2H3. The predicted octanol–water partition coefficient (Wildman–Crippen LogP) is 2.01. The molecule has 1 aliphatic rings. The van der Waals surface area contributed by atoms with Crippen LogP contribution in [0.5, 0.6) is 0 Å². The average molecular weight is 209 g/mol. The first-order valence-electron chi connectivity index (χ1n) is 5.66. The quantitative estimate of drug-likeness (QED) is 0.823. The van der Waals surface area contributed by atoms with Gasteiger partial charge in [-0.25, -0.2) is 0 Å². The van der Waals surface area contributed by atoms with Crippen LogP contribution in [-0.4, -0.2) is 15.7 Å². The molecule has 1 aromatic rings. The van der Waals surface area contributed by atoms with Gasteiger partial charge in [-0.1, -0.05) is 11.6 Å². The molecule has 84 valence electrons. The van der Waals surface area contributed by atoms with E-state index in [1.165, 1.54) is 19.3 Å². The lowest BCUT2D eigenvalue weighted by atomic mass is 9.85. The van der Waals surface area contributed by atoms with Gasteiger partial charge in [0.1, 0.15) is 0 Å². The fourth-order valence-corrected chi connectivity index (χ4v) is 1.63. The van der Waals surface area contributed by atoms with Gasteiger partial charge >= 0.3 is 0 Å².